The van der Waals surface area contributed by atoms with E-state index in [1.54, 1.807) is 17.0 Å². The number of piperidine rings is 1. The van der Waals surface area contributed by atoms with Gasteiger partial charge in [0, 0.05) is 36.7 Å². The summed E-state index contributed by atoms with van der Waals surface area (Å²) in [7, 11) is 0. The number of benzene rings is 2. The Labute approximate surface area is 168 Å². The lowest BCUT2D eigenvalue weighted by Crippen LogP contribution is -2.45. The predicted molar refractivity (Wildman–Crippen MR) is 110 cm³/mol. The summed E-state index contributed by atoms with van der Waals surface area (Å²) < 4.78 is 13.0. The monoisotopic (exact) mass is 393 g/mol. The first-order chi connectivity index (χ1) is 14.1. The van der Waals surface area contributed by atoms with Crippen LogP contribution in [0.5, 0.6) is 0 Å². The Hall–Kier alpha value is -3.15. The highest BCUT2D eigenvalue weighted by molar-refractivity contribution is 5.89. The molecule has 2 amide bonds. The lowest BCUT2D eigenvalue weighted by Gasteiger charge is -2.32. The molecule has 3 aromatic rings. The van der Waals surface area contributed by atoms with Gasteiger partial charge in [-0.2, -0.15) is 0 Å². The van der Waals surface area contributed by atoms with Gasteiger partial charge in [0.25, 0.3) is 0 Å². The minimum Gasteiger partial charge on any atom is -0.361 e. The molecule has 4 rings (SSSR count). The molecule has 0 spiro atoms. The van der Waals surface area contributed by atoms with Crippen LogP contribution < -0.4 is 5.32 Å². The fraction of sp³-hybridized carbons (Fsp3) is 0.304. The Balaban J connectivity index is 1.34. The van der Waals surface area contributed by atoms with E-state index < -0.39 is 0 Å². The summed E-state index contributed by atoms with van der Waals surface area (Å²) in [6, 6.07) is 14.0. The molecule has 2 heterocycles. The van der Waals surface area contributed by atoms with Crippen molar-refractivity contribution in [2.45, 2.75) is 25.8 Å². The zero-order chi connectivity index (χ0) is 20.2. The van der Waals surface area contributed by atoms with Crippen molar-refractivity contribution in [1.82, 2.24) is 15.2 Å². The number of likely N-dealkylation sites (tertiary alicyclic amines) is 1. The van der Waals surface area contributed by atoms with Gasteiger partial charge in [-0.3, -0.25) is 9.59 Å². The SMILES string of the molecule is O=C(NCc1ccc(F)cc1)[C@H]1CCCN(C(=O)Cc2c[nH]c3ccccc23)C1. The van der Waals surface area contributed by atoms with Crippen LogP contribution in [0, 0.1) is 11.7 Å². The van der Waals surface area contributed by atoms with Crippen LogP contribution in [-0.4, -0.2) is 34.8 Å². The standard InChI is InChI=1S/C23H24FN3O2/c24-19-9-7-16(8-10-19)13-26-23(29)17-4-3-11-27(15-17)22(28)12-18-14-25-21-6-2-1-5-20(18)21/h1-2,5-10,14,17,25H,3-4,11-13,15H2,(H,26,29)/t17-/m0/s1. The van der Waals surface area contributed by atoms with Crippen molar-refractivity contribution < 1.29 is 14.0 Å². The van der Waals surface area contributed by atoms with Crippen molar-refractivity contribution in [3.8, 4) is 0 Å². The quantitative estimate of drug-likeness (QED) is 0.698. The Morgan fingerprint density at radius 1 is 1.14 bits per heavy atom. The number of carbonyl (C=O) groups excluding carboxylic acids is 2. The maximum absolute atomic E-state index is 13.0. The maximum Gasteiger partial charge on any atom is 0.227 e. The Morgan fingerprint density at radius 3 is 2.76 bits per heavy atom. The Kier molecular flexibility index (Phi) is 5.60. The van der Waals surface area contributed by atoms with Crippen LogP contribution in [0.1, 0.15) is 24.0 Å². The average molecular weight is 393 g/mol. The molecule has 1 aliphatic heterocycles. The van der Waals surface area contributed by atoms with Gasteiger partial charge in [0.05, 0.1) is 12.3 Å². The number of aromatic amines is 1. The molecule has 2 aromatic carbocycles. The van der Waals surface area contributed by atoms with Crippen LogP contribution in [0.25, 0.3) is 10.9 Å². The second kappa shape index (κ2) is 8.47. The Bertz CT molecular complexity index is 1010. The lowest BCUT2D eigenvalue weighted by molar-refractivity contribution is -0.135. The third-order valence-corrected chi connectivity index (χ3v) is 5.54. The molecule has 0 radical (unpaired) electrons. The van der Waals surface area contributed by atoms with Crippen LogP contribution >= 0.6 is 0 Å². The number of nitrogens with one attached hydrogen (secondary N) is 2. The molecule has 1 atom stereocenters. The number of rotatable bonds is 5. The highest BCUT2D eigenvalue weighted by Crippen LogP contribution is 2.21. The number of H-pyrrole nitrogens is 1. The van der Waals surface area contributed by atoms with Gasteiger partial charge < -0.3 is 15.2 Å². The van der Waals surface area contributed by atoms with E-state index in [0.717, 1.165) is 34.9 Å². The van der Waals surface area contributed by atoms with Crippen LogP contribution in [-0.2, 0) is 22.6 Å². The van der Waals surface area contributed by atoms with Gasteiger partial charge in [-0.1, -0.05) is 30.3 Å². The van der Waals surface area contributed by atoms with Crippen molar-refractivity contribution in [2.75, 3.05) is 13.1 Å². The number of halogens is 1. The molecule has 2 N–H and O–H groups in total. The van der Waals surface area contributed by atoms with Gasteiger partial charge in [0.2, 0.25) is 11.8 Å². The number of carbonyl (C=O) groups is 2. The van der Waals surface area contributed by atoms with E-state index in [0.29, 0.717) is 26.1 Å². The van der Waals surface area contributed by atoms with Crippen molar-refractivity contribution in [3.63, 3.8) is 0 Å². The van der Waals surface area contributed by atoms with E-state index in [-0.39, 0.29) is 23.5 Å². The van der Waals surface area contributed by atoms with Crippen LogP contribution in [0.2, 0.25) is 0 Å². The number of nitrogens with zero attached hydrogens (tertiary/aromatic N) is 1. The molecule has 0 aliphatic carbocycles. The highest BCUT2D eigenvalue weighted by Gasteiger charge is 2.28. The summed E-state index contributed by atoms with van der Waals surface area (Å²) in [6.07, 6.45) is 3.80. The highest BCUT2D eigenvalue weighted by atomic mass is 19.1. The van der Waals surface area contributed by atoms with Crippen LogP contribution in [0.4, 0.5) is 4.39 Å². The molecule has 6 heteroatoms. The summed E-state index contributed by atoms with van der Waals surface area (Å²) in [4.78, 5) is 30.4. The van der Waals surface area contributed by atoms with E-state index in [1.807, 2.05) is 30.5 Å². The first-order valence-electron chi connectivity index (χ1n) is 9.95. The summed E-state index contributed by atoms with van der Waals surface area (Å²) in [5, 5.41) is 3.97. The third-order valence-electron chi connectivity index (χ3n) is 5.54. The molecule has 1 aliphatic rings. The molecule has 1 fully saturated rings. The molecule has 29 heavy (non-hydrogen) atoms. The lowest BCUT2D eigenvalue weighted by atomic mass is 9.96. The molecule has 0 unspecified atom stereocenters. The number of para-hydroxylation sites is 1. The fourth-order valence-corrected chi connectivity index (χ4v) is 3.91. The van der Waals surface area contributed by atoms with E-state index in [2.05, 4.69) is 10.3 Å². The van der Waals surface area contributed by atoms with Gasteiger partial charge >= 0.3 is 0 Å². The van der Waals surface area contributed by atoms with E-state index in [4.69, 9.17) is 0 Å². The van der Waals surface area contributed by atoms with E-state index >= 15 is 0 Å². The summed E-state index contributed by atoms with van der Waals surface area (Å²) in [5.41, 5.74) is 2.85. The van der Waals surface area contributed by atoms with Crippen molar-refractivity contribution in [2.24, 2.45) is 5.92 Å². The zero-order valence-electron chi connectivity index (χ0n) is 16.2. The minimum absolute atomic E-state index is 0.0470. The van der Waals surface area contributed by atoms with E-state index in [9.17, 15) is 14.0 Å². The number of hydrogen-bond donors (Lipinski definition) is 2. The molecule has 150 valence electrons. The largest absolute Gasteiger partial charge is 0.361 e. The smallest absolute Gasteiger partial charge is 0.227 e. The average Bonchev–Trinajstić information content (AvgIpc) is 3.16. The number of fused-ring (bicyclic) bond motifs is 1. The van der Waals surface area contributed by atoms with Gasteiger partial charge in [-0.05, 0) is 42.2 Å². The molecule has 1 saturated heterocycles. The summed E-state index contributed by atoms with van der Waals surface area (Å²) in [6.45, 7) is 1.48. The molecular formula is C23H24FN3O2. The van der Waals surface area contributed by atoms with E-state index in [1.165, 1.54) is 12.1 Å². The summed E-state index contributed by atoms with van der Waals surface area (Å²) in [5.74, 6) is -0.516. The molecule has 1 aromatic heterocycles. The first-order valence-corrected chi connectivity index (χ1v) is 9.95. The second-order valence-corrected chi connectivity index (χ2v) is 7.56. The van der Waals surface area contributed by atoms with Gasteiger partial charge in [0.1, 0.15) is 5.82 Å². The predicted octanol–water partition coefficient (Wildman–Crippen LogP) is 3.40. The normalized spacial score (nSPS) is 16.7. The van der Waals surface area contributed by atoms with Gasteiger partial charge in [0.15, 0.2) is 0 Å². The minimum atomic E-state index is -0.295. The van der Waals surface area contributed by atoms with Gasteiger partial charge in [-0.15, -0.1) is 0 Å². The van der Waals surface area contributed by atoms with Crippen molar-refractivity contribution in [3.05, 3.63) is 71.7 Å². The number of aromatic nitrogens is 1. The molecule has 0 bridgehead atoms. The first kappa shape index (κ1) is 19.2. The molecule has 0 saturated carbocycles. The molecular weight excluding hydrogens is 369 g/mol. The number of amides is 2. The van der Waals surface area contributed by atoms with Crippen molar-refractivity contribution >= 4 is 22.7 Å². The summed E-state index contributed by atoms with van der Waals surface area (Å²) >= 11 is 0. The second-order valence-electron chi connectivity index (χ2n) is 7.56. The topological polar surface area (TPSA) is 65.2 Å². The van der Waals surface area contributed by atoms with Crippen molar-refractivity contribution in [1.29, 1.82) is 0 Å². The number of hydrogen-bond acceptors (Lipinski definition) is 2. The maximum atomic E-state index is 13.0. The molecule has 5 nitrogen and oxygen atoms in total. The van der Waals surface area contributed by atoms with Crippen LogP contribution in [0.3, 0.4) is 0 Å². The zero-order valence-corrected chi connectivity index (χ0v) is 16.2. The van der Waals surface area contributed by atoms with Crippen LogP contribution in [0.15, 0.2) is 54.7 Å². The van der Waals surface area contributed by atoms with Gasteiger partial charge in [-0.25, -0.2) is 4.39 Å². The Morgan fingerprint density at radius 2 is 1.93 bits per heavy atom. The fourth-order valence-electron chi connectivity index (χ4n) is 3.91. The third kappa shape index (κ3) is 4.47.